The largest absolute Gasteiger partial charge is 0.492 e. The molecule has 0 saturated carbocycles. The Morgan fingerprint density at radius 2 is 1.86 bits per heavy atom. The molecule has 0 amide bonds. The number of anilines is 1. The van der Waals surface area contributed by atoms with Crippen molar-refractivity contribution in [1.82, 2.24) is 4.31 Å². The van der Waals surface area contributed by atoms with Crippen LogP contribution in [0.2, 0.25) is 0 Å². The van der Waals surface area contributed by atoms with Gasteiger partial charge in [0, 0.05) is 18.8 Å². The summed E-state index contributed by atoms with van der Waals surface area (Å²) in [6, 6.07) is 6.92. The van der Waals surface area contributed by atoms with Gasteiger partial charge >= 0.3 is 0 Å². The van der Waals surface area contributed by atoms with Crippen molar-refractivity contribution in [3.05, 3.63) is 24.3 Å². The zero-order valence-electron chi connectivity index (χ0n) is 13.1. The normalized spacial score (nSPS) is 13.3. The van der Waals surface area contributed by atoms with Gasteiger partial charge in [0.15, 0.2) is 0 Å². The molecule has 1 atom stereocenters. The second-order valence-corrected chi connectivity index (χ2v) is 7.29. The predicted molar refractivity (Wildman–Crippen MR) is 86.8 cm³/mol. The quantitative estimate of drug-likeness (QED) is 0.710. The lowest BCUT2D eigenvalue weighted by atomic mass is 10.1. The zero-order chi connectivity index (χ0) is 15.9. The van der Waals surface area contributed by atoms with Gasteiger partial charge in [-0.05, 0) is 30.2 Å². The van der Waals surface area contributed by atoms with Crippen LogP contribution in [0.25, 0.3) is 0 Å². The van der Waals surface area contributed by atoms with E-state index < -0.39 is 10.0 Å². The smallest absolute Gasteiger partial charge is 0.217 e. The van der Waals surface area contributed by atoms with E-state index in [0.29, 0.717) is 30.4 Å². The second kappa shape index (κ2) is 8.24. The summed E-state index contributed by atoms with van der Waals surface area (Å²) in [6.07, 6.45) is 0.966. The molecule has 0 aliphatic rings. The van der Waals surface area contributed by atoms with Crippen molar-refractivity contribution in [2.24, 2.45) is 5.92 Å². The molecule has 1 rings (SSSR count). The van der Waals surface area contributed by atoms with Crippen molar-refractivity contribution in [1.29, 1.82) is 0 Å². The summed E-state index contributed by atoms with van der Waals surface area (Å²) in [6.45, 7) is 7.19. The maximum absolute atomic E-state index is 12.3. The summed E-state index contributed by atoms with van der Waals surface area (Å²) in [5.41, 5.74) is 6.24. The van der Waals surface area contributed by atoms with Crippen molar-refractivity contribution in [2.45, 2.75) is 27.2 Å². The number of hydrogen-bond donors (Lipinski definition) is 1. The fourth-order valence-electron chi connectivity index (χ4n) is 1.87. The summed E-state index contributed by atoms with van der Waals surface area (Å²) >= 11 is 0. The number of nitrogens with two attached hydrogens (primary N) is 1. The molecule has 1 unspecified atom stereocenters. The van der Waals surface area contributed by atoms with Gasteiger partial charge in [0.1, 0.15) is 12.4 Å². The van der Waals surface area contributed by atoms with Gasteiger partial charge in [0.2, 0.25) is 10.0 Å². The van der Waals surface area contributed by atoms with Crippen molar-refractivity contribution < 1.29 is 13.2 Å². The number of nitrogens with zero attached hydrogens (tertiary/aromatic N) is 1. The Hall–Kier alpha value is -1.27. The van der Waals surface area contributed by atoms with Crippen molar-refractivity contribution in [2.75, 3.05) is 31.2 Å². The molecule has 1 aromatic rings. The Balaban J connectivity index is 2.52. The highest BCUT2D eigenvalue weighted by Crippen LogP contribution is 2.14. The molecule has 21 heavy (non-hydrogen) atoms. The Morgan fingerprint density at radius 3 is 2.38 bits per heavy atom. The van der Waals surface area contributed by atoms with Crippen LogP contribution in [0.5, 0.6) is 5.75 Å². The molecule has 0 spiro atoms. The summed E-state index contributed by atoms with van der Waals surface area (Å²) in [7, 11) is -3.27. The van der Waals surface area contributed by atoms with Gasteiger partial charge in [-0.2, -0.15) is 0 Å². The van der Waals surface area contributed by atoms with Crippen LogP contribution >= 0.6 is 0 Å². The van der Waals surface area contributed by atoms with Gasteiger partial charge in [-0.25, -0.2) is 12.7 Å². The van der Waals surface area contributed by atoms with Gasteiger partial charge in [-0.15, -0.1) is 0 Å². The van der Waals surface area contributed by atoms with Crippen LogP contribution in [0.4, 0.5) is 5.69 Å². The molecular formula is C15H26N2O3S. The fourth-order valence-corrected chi connectivity index (χ4v) is 3.30. The average Bonchev–Trinajstić information content (AvgIpc) is 2.46. The van der Waals surface area contributed by atoms with E-state index in [1.165, 1.54) is 4.31 Å². The summed E-state index contributed by atoms with van der Waals surface area (Å²) in [5, 5.41) is 0. The van der Waals surface area contributed by atoms with E-state index in [9.17, 15) is 8.42 Å². The topological polar surface area (TPSA) is 72.6 Å². The van der Waals surface area contributed by atoms with Crippen LogP contribution in [0.3, 0.4) is 0 Å². The first-order valence-electron chi connectivity index (χ1n) is 7.35. The molecule has 0 aliphatic heterocycles. The van der Waals surface area contributed by atoms with E-state index in [2.05, 4.69) is 13.8 Å². The average molecular weight is 314 g/mol. The molecular weight excluding hydrogens is 288 g/mol. The van der Waals surface area contributed by atoms with Crippen LogP contribution in [0.15, 0.2) is 24.3 Å². The Labute approximate surface area is 128 Å². The highest BCUT2D eigenvalue weighted by Gasteiger charge is 2.21. The number of hydrogen-bond acceptors (Lipinski definition) is 4. The Bertz CT molecular complexity index is 514. The molecule has 0 bridgehead atoms. The van der Waals surface area contributed by atoms with Gasteiger partial charge in [-0.3, -0.25) is 0 Å². The molecule has 120 valence electrons. The molecule has 0 saturated heterocycles. The molecule has 0 fully saturated rings. The number of benzene rings is 1. The molecule has 0 heterocycles. The third-order valence-corrected chi connectivity index (χ3v) is 5.33. The summed E-state index contributed by atoms with van der Waals surface area (Å²) in [5.74, 6) is 0.976. The number of rotatable bonds is 9. The van der Waals surface area contributed by atoms with Gasteiger partial charge in [0.05, 0.1) is 5.75 Å². The lowest BCUT2D eigenvalue weighted by Crippen LogP contribution is -2.37. The second-order valence-electron chi connectivity index (χ2n) is 5.20. The third-order valence-electron chi connectivity index (χ3n) is 3.45. The third kappa shape index (κ3) is 5.93. The van der Waals surface area contributed by atoms with E-state index in [1.54, 1.807) is 24.3 Å². The van der Waals surface area contributed by atoms with E-state index >= 15 is 0 Å². The fraction of sp³-hybridized carbons (Fsp3) is 0.600. The SMILES string of the molecule is CCC(C)CN(CC)S(=O)(=O)CCOc1ccc(N)cc1. The maximum Gasteiger partial charge on any atom is 0.217 e. The number of nitrogen functional groups attached to an aromatic ring is 1. The Kier molecular flexibility index (Phi) is 6.98. The highest BCUT2D eigenvalue weighted by atomic mass is 32.2. The van der Waals surface area contributed by atoms with Gasteiger partial charge in [-0.1, -0.05) is 27.2 Å². The first kappa shape index (κ1) is 17.8. The highest BCUT2D eigenvalue weighted by molar-refractivity contribution is 7.89. The molecule has 0 aromatic heterocycles. The minimum absolute atomic E-state index is 0.0123. The van der Waals surface area contributed by atoms with E-state index in [1.807, 2.05) is 6.92 Å². The van der Waals surface area contributed by atoms with Crippen LogP contribution < -0.4 is 10.5 Å². The molecule has 0 radical (unpaired) electrons. The lowest BCUT2D eigenvalue weighted by molar-refractivity contribution is 0.327. The van der Waals surface area contributed by atoms with Crippen LogP contribution in [-0.4, -0.2) is 38.2 Å². The van der Waals surface area contributed by atoms with Crippen LogP contribution in [0, 0.1) is 5.92 Å². The van der Waals surface area contributed by atoms with Gasteiger partial charge < -0.3 is 10.5 Å². The monoisotopic (exact) mass is 314 g/mol. The van der Waals surface area contributed by atoms with Crippen LogP contribution in [0.1, 0.15) is 27.2 Å². The molecule has 5 nitrogen and oxygen atoms in total. The van der Waals surface area contributed by atoms with Gasteiger partial charge in [0.25, 0.3) is 0 Å². The van der Waals surface area contributed by atoms with Crippen molar-refractivity contribution >= 4 is 15.7 Å². The van der Waals surface area contributed by atoms with E-state index in [0.717, 1.165) is 6.42 Å². The minimum Gasteiger partial charge on any atom is -0.492 e. The lowest BCUT2D eigenvalue weighted by Gasteiger charge is -2.23. The minimum atomic E-state index is -3.27. The van der Waals surface area contributed by atoms with E-state index in [4.69, 9.17) is 10.5 Å². The number of ether oxygens (including phenoxy) is 1. The van der Waals surface area contributed by atoms with Crippen LogP contribution in [-0.2, 0) is 10.0 Å². The standard InChI is InChI=1S/C15H26N2O3S/c1-4-13(3)12-17(5-2)21(18,19)11-10-20-15-8-6-14(16)7-9-15/h6-9,13H,4-5,10-12,16H2,1-3H3. The number of sulfonamides is 1. The van der Waals surface area contributed by atoms with E-state index in [-0.39, 0.29) is 12.4 Å². The molecule has 2 N–H and O–H groups in total. The Morgan fingerprint density at radius 1 is 1.24 bits per heavy atom. The predicted octanol–water partition coefficient (Wildman–Crippen LogP) is 2.35. The maximum atomic E-state index is 12.3. The molecule has 6 heteroatoms. The first-order valence-corrected chi connectivity index (χ1v) is 8.96. The molecule has 1 aromatic carbocycles. The van der Waals surface area contributed by atoms with Crippen molar-refractivity contribution in [3.8, 4) is 5.75 Å². The zero-order valence-corrected chi connectivity index (χ0v) is 13.9. The summed E-state index contributed by atoms with van der Waals surface area (Å²) < 4.78 is 31.6. The van der Waals surface area contributed by atoms with Crippen molar-refractivity contribution in [3.63, 3.8) is 0 Å². The first-order chi connectivity index (χ1) is 9.89. The molecule has 0 aliphatic carbocycles. The summed E-state index contributed by atoms with van der Waals surface area (Å²) in [4.78, 5) is 0.